The van der Waals surface area contributed by atoms with Crippen LogP contribution in [0.15, 0.2) is 48.5 Å². The number of hydrogen-bond acceptors (Lipinski definition) is 1. The van der Waals surface area contributed by atoms with Crippen molar-refractivity contribution >= 4 is 0 Å². The van der Waals surface area contributed by atoms with E-state index in [-0.39, 0.29) is 0 Å². The Balaban J connectivity index is 1.86. The molecule has 2 unspecified atom stereocenters. The van der Waals surface area contributed by atoms with E-state index in [1.165, 1.54) is 28.7 Å². The van der Waals surface area contributed by atoms with E-state index in [4.69, 9.17) is 0 Å². The molecule has 21 heavy (non-hydrogen) atoms. The minimum atomic E-state index is 0.436. The van der Waals surface area contributed by atoms with Crippen LogP contribution in [0.2, 0.25) is 0 Å². The summed E-state index contributed by atoms with van der Waals surface area (Å²) in [5, 5.41) is 3.69. The zero-order valence-corrected chi connectivity index (χ0v) is 13.3. The van der Waals surface area contributed by atoms with Gasteiger partial charge in [-0.15, -0.1) is 0 Å². The van der Waals surface area contributed by atoms with Gasteiger partial charge in [-0.05, 0) is 41.1 Å². The minimum Gasteiger partial charge on any atom is -0.310 e. The van der Waals surface area contributed by atoms with Gasteiger partial charge in [-0.3, -0.25) is 0 Å². The third-order valence-electron chi connectivity index (χ3n) is 4.68. The Bertz CT molecular complexity index is 597. The first-order valence-corrected chi connectivity index (χ1v) is 8.11. The molecule has 0 saturated heterocycles. The zero-order chi connectivity index (χ0) is 14.8. The normalized spacial score (nSPS) is 18.2. The van der Waals surface area contributed by atoms with E-state index in [0.717, 1.165) is 6.54 Å². The average Bonchev–Trinajstić information content (AvgIpc) is 2.48. The molecule has 0 aliphatic heterocycles. The summed E-state index contributed by atoms with van der Waals surface area (Å²) in [4.78, 5) is 0. The second-order valence-corrected chi connectivity index (χ2v) is 6.37. The molecule has 0 heterocycles. The number of likely N-dealkylation sites (N-methyl/N-ethyl adjacent to an activating group) is 1. The van der Waals surface area contributed by atoms with Crippen molar-refractivity contribution in [3.8, 4) is 0 Å². The van der Waals surface area contributed by atoms with Crippen molar-refractivity contribution < 1.29 is 0 Å². The predicted molar refractivity (Wildman–Crippen MR) is 89.8 cm³/mol. The first-order valence-electron chi connectivity index (χ1n) is 8.11. The standard InChI is InChI=1S/C20H25N/c1-4-21-20(16-11-9-15(10-12-16)14(2)3)19-13-17-7-5-6-8-18(17)19/h5-12,14,19-21H,4,13H2,1-3H3. The monoisotopic (exact) mass is 279 g/mol. The van der Waals surface area contributed by atoms with Gasteiger partial charge < -0.3 is 5.32 Å². The van der Waals surface area contributed by atoms with Crippen LogP contribution < -0.4 is 5.32 Å². The van der Waals surface area contributed by atoms with E-state index >= 15 is 0 Å². The largest absolute Gasteiger partial charge is 0.310 e. The van der Waals surface area contributed by atoms with E-state index in [9.17, 15) is 0 Å². The van der Waals surface area contributed by atoms with Crippen LogP contribution in [0.25, 0.3) is 0 Å². The van der Waals surface area contributed by atoms with Crippen LogP contribution in [-0.4, -0.2) is 6.54 Å². The fourth-order valence-electron chi connectivity index (χ4n) is 3.40. The van der Waals surface area contributed by atoms with Gasteiger partial charge >= 0.3 is 0 Å². The maximum absolute atomic E-state index is 3.69. The highest BCUT2D eigenvalue weighted by atomic mass is 14.9. The van der Waals surface area contributed by atoms with Crippen LogP contribution in [0.3, 0.4) is 0 Å². The van der Waals surface area contributed by atoms with Crippen molar-refractivity contribution in [2.24, 2.45) is 0 Å². The molecule has 110 valence electrons. The summed E-state index contributed by atoms with van der Waals surface area (Å²) in [6.07, 6.45) is 1.19. The summed E-state index contributed by atoms with van der Waals surface area (Å²) >= 11 is 0. The topological polar surface area (TPSA) is 12.0 Å². The number of hydrogen-bond donors (Lipinski definition) is 1. The Hall–Kier alpha value is -1.60. The molecule has 0 saturated carbocycles. The Kier molecular flexibility index (Phi) is 4.12. The molecule has 1 aliphatic carbocycles. The van der Waals surface area contributed by atoms with E-state index in [0.29, 0.717) is 17.9 Å². The van der Waals surface area contributed by atoms with Crippen LogP contribution in [0.5, 0.6) is 0 Å². The molecule has 0 aromatic heterocycles. The maximum Gasteiger partial charge on any atom is 0.0392 e. The maximum atomic E-state index is 3.69. The molecule has 2 atom stereocenters. The first kappa shape index (κ1) is 14.3. The molecule has 0 radical (unpaired) electrons. The van der Waals surface area contributed by atoms with Crippen LogP contribution in [0.4, 0.5) is 0 Å². The first-order chi connectivity index (χ1) is 10.2. The van der Waals surface area contributed by atoms with E-state index in [1.54, 1.807) is 0 Å². The van der Waals surface area contributed by atoms with Gasteiger partial charge in [-0.1, -0.05) is 69.3 Å². The summed E-state index contributed by atoms with van der Waals surface area (Å²) < 4.78 is 0. The molecule has 2 aromatic carbocycles. The number of rotatable bonds is 5. The van der Waals surface area contributed by atoms with Crippen LogP contribution in [-0.2, 0) is 6.42 Å². The van der Waals surface area contributed by atoms with Crippen LogP contribution in [0.1, 0.15) is 60.9 Å². The molecule has 1 nitrogen and oxygen atoms in total. The molecular formula is C20H25N. The molecule has 2 aromatic rings. The van der Waals surface area contributed by atoms with Gasteiger partial charge in [-0.25, -0.2) is 0 Å². The van der Waals surface area contributed by atoms with Gasteiger partial charge in [0.2, 0.25) is 0 Å². The van der Waals surface area contributed by atoms with Crippen molar-refractivity contribution in [3.63, 3.8) is 0 Å². The highest BCUT2D eigenvalue weighted by Gasteiger charge is 2.33. The van der Waals surface area contributed by atoms with Crippen molar-refractivity contribution in [3.05, 3.63) is 70.8 Å². The van der Waals surface area contributed by atoms with Gasteiger partial charge in [-0.2, -0.15) is 0 Å². The van der Waals surface area contributed by atoms with Crippen molar-refractivity contribution in [1.29, 1.82) is 0 Å². The second kappa shape index (κ2) is 6.03. The fourth-order valence-corrected chi connectivity index (χ4v) is 3.40. The van der Waals surface area contributed by atoms with E-state index in [2.05, 4.69) is 74.6 Å². The highest BCUT2D eigenvalue weighted by molar-refractivity contribution is 5.43. The van der Waals surface area contributed by atoms with E-state index in [1.807, 2.05) is 0 Å². The lowest BCUT2D eigenvalue weighted by molar-refractivity contribution is 0.419. The van der Waals surface area contributed by atoms with Gasteiger partial charge in [0.05, 0.1) is 0 Å². The quantitative estimate of drug-likeness (QED) is 0.829. The summed E-state index contributed by atoms with van der Waals surface area (Å²) in [7, 11) is 0. The predicted octanol–water partition coefficient (Wildman–Crippen LogP) is 4.80. The van der Waals surface area contributed by atoms with Crippen LogP contribution in [0, 0.1) is 0 Å². The fraction of sp³-hybridized carbons (Fsp3) is 0.400. The molecule has 3 rings (SSSR count). The molecule has 1 heteroatoms. The Morgan fingerprint density at radius 3 is 2.29 bits per heavy atom. The smallest absolute Gasteiger partial charge is 0.0392 e. The third kappa shape index (κ3) is 2.75. The molecule has 1 N–H and O–H groups in total. The molecule has 0 fully saturated rings. The number of benzene rings is 2. The van der Waals surface area contributed by atoms with Crippen molar-refractivity contribution in [2.75, 3.05) is 6.54 Å². The lowest BCUT2D eigenvalue weighted by atomic mass is 9.71. The summed E-state index contributed by atoms with van der Waals surface area (Å²) in [6, 6.07) is 18.5. The van der Waals surface area contributed by atoms with Crippen LogP contribution >= 0.6 is 0 Å². The van der Waals surface area contributed by atoms with Crippen molar-refractivity contribution in [1.82, 2.24) is 5.32 Å². The lowest BCUT2D eigenvalue weighted by Crippen LogP contribution is -2.33. The Morgan fingerprint density at radius 1 is 1.00 bits per heavy atom. The summed E-state index contributed by atoms with van der Waals surface area (Å²) in [5.74, 6) is 1.21. The molecule has 0 bridgehead atoms. The highest BCUT2D eigenvalue weighted by Crippen LogP contribution is 2.43. The Labute approximate surface area is 128 Å². The van der Waals surface area contributed by atoms with Gasteiger partial charge in [0.25, 0.3) is 0 Å². The Morgan fingerprint density at radius 2 is 1.67 bits per heavy atom. The van der Waals surface area contributed by atoms with Gasteiger partial charge in [0.15, 0.2) is 0 Å². The number of nitrogens with one attached hydrogen (secondary N) is 1. The molecule has 0 spiro atoms. The van der Waals surface area contributed by atoms with E-state index < -0.39 is 0 Å². The molecule has 1 aliphatic rings. The summed E-state index contributed by atoms with van der Waals surface area (Å²) in [6.45, 7) is 7.70. The van der Waals surface area contributed by atoms with Crippen molar-refractivity contribution in [2.45, 2.75) is 45.1 Å². The second-order valence-electron chi connectivity index (χ2n) is 6.37. The lowest BCUT2D eigenvalue weighted by Gasteiger charge is -2.37. The SMILES string of the molecule is CCNC(c1ccc(C(C)C)cc1)C1Cc2ccccc21. The average molecular weight is 279 g/mol. The molecular weight excluding hydrogens is 254 g/mol. The third-order valence-corrected chi connectivity index (χ3v) is 4.68. The van der Waals surface area contributed by atoms with Gasteiger partial charge in [0, 0.05) is 12.0 Å². The zero-order valence-electron chi connectivity index (χ0n) is 13.3. The molecule has 0 amide bonds. The van der Waals surface area contributed by atoms with Gasteiger partial charge in [0.1, 0.15) is 0 Å². The number of fused-ring (bicyclic) bond motifs is 1. The summed E-state index contributed by atoms with van der Waals surface area (Å²) in [5.41, 5.74) is 5.88. The minimum absolute atomic E-state index is 0.436.